The van der Waals surface area contributed by atoms with Gasteiger partial charge in [-0.2, -0.15) is 4.98 Å². The lowest BCUT2D eigenvalue weighted by molar-refractivity contribution is 0.340. The van der Waals surface area contributed by atoms with Crippen molar-refractivity contribution in [2.24, 2.45) is 14.1 Å². The van der Waals surface area contributed by atoms with E-state index in [1.54, 1.807) is 18.6 Å². The molecule has 10 heteroatoms. The van der Waals surface area contributed by atoms with E-state index in [0.29, 0.717) is 34.3 Å². The Bertz CT molecular complexity index is 1740. The molecule has 5 rings (SSSR count). The van der Waals surface area contributed by atoms with Crippen LogP contribution in [-0.2, 0) is 14.1 Å². The van der Waals surface area contributed by atoms with Crippen LogP contribution in [0, 0.1) is 6.92 Å². The predicted molar refractivity (Wildman–Crippen MR) is 135 cm³/mol. The molecule has 180 valence electrons. The lowest BCUT2D eigenvalue weighted by Crippen LogP contribution is -2.37. The van der Waals surface area contributed by atoms with Crippen LogP contribution < -0.4 is 20.7 Å². The Hall–Kier alpha value is -3.98. The van der Waals surface area contributed by atoms with Crippen LogP contribution in [0.1, 0.15) is 12.5 Å². The summed E-state index contributed by atoms with van der Waals surface area (Å²) in [5, 5.41) is 0.476. The molecule has 0 aliphatic heterocycles. The number of nitrogens with zero attached hydrogens (tertiary/aromatic N) is 5. The summed E-state index contributed by atoms with van der Waals surface area (Å²) in [7, 11) is 4.69. The second-order valence-corrected chi connectivity index (χ2v) is 8.65. The van der Waals surface area contributed by atoms with Crippen molar-refractivity contribution >= 4 is 28.5 Å². The van der Waals surface area contributed by atoms with Crippen LogP contribution >= 0.6 is 11.6 Å². The van der Waals surface area contributed by atoms with Crippen LogP contribution in [0.2, 0.25) is 5.02 Å². The summed E-state index contributed by atoms with van der Waals surface area (Å²) >= 11 is 6.51. The Labute approximate surface area is 205 Å². The first-order valence-electron chi connectivity index (χ1n) is 11.0. The number of methoxy groups -OCH3 is 1. The van der Waals surface area contributed by atoms with Gasteiger partial charge in [0.1, 0.15) is 11.5 Å². The molecule has 0 spiro atoms. The Kier molecular flexibility index (Phi) is 5.44. The lowest BCUT2D eigenvalue weighted by atomic mass is 10.1. The van der Waals surface area contributed by atoms with Crippen molar-refractivity contribution in [1.82, 2.24) is 23.1 Å². The van der Waals surface area contributed by atoms with E-state index >= 15 is 0 Å². The molecule has 0 bridgehead atoms. The van der Waals surface area contributed by atoms with Gasteiger partial charge in [-0.05, 0) is 55.8 Å². The topological polar surface area (TPSA) is 84.7 Å². The maximum absolute atomic E-state index is 13.1. The van der Waals surface area contributed by atoms with Crippen LogP contribution in [-0.4, -0.2) is 36.8 Å². The molecule has 0 atom stereocenters. The van der Waals surface area contributed by atoms with Gasteiger partial charge in [0.05, 0.1) is 24.4 Å². The number of aryl methyl sites for hydroxylation is 2. The van der Waals surface area contributed by atoms with Crippen molar-refractivity contribution in [3.63, 3.8) is 0 Å². The maximum atomic E-state index is 13.1. The molecule has 35 heavy (non-hydrogen) atoms. The molecule has 0 radical (unpaired) electrons. The number of halogens is 1. The number of rotatable bonds is 5. The summed E-state index contributed by atoms with van der Waals surface area (Å²) in [6.07, 6.45) is 1.84. The molecular formula is C25H24ClN5O4. The molecule has 0 aliphatic rings. The second kappa shape index (κ2) is 8.35. The number of hydrogen-bond acceptors (Lipinski definition) is 5. The van der Waals surface area contributed by atoms with Gasteiger partial charge in [0, 0.05) is 31.5 Å². The minimum atomic E-state index is -0.436. The molecule has 0 saturated heterocycles. The molecule has 0 amide bonds. The van der Waals surface area contributed by atoms with Crippen molar-refractivity contribution in [2.45, 2.75) is 13.8 Å². The van der Waals surface area contributed by atoms with E-state index in [9.17, 15) is 9.59 Å². The van der Waals surface area contributed by atoms with Gasteiger partial charge in [0.2, 0.25) is 5.78 Å². The van der Waals surface area contributed by atoms with E-state index in [0.717, 1.165) is 32.8 Å². The number of imidazole rings is 2. The van der Waals surface area contributed by atoms with Crippen molar-refractivity contribution in [2.75, 3.05) is 13.7 Å². The van der Waals surface area contributed by atoms with Gasteiger partial charge in [-0.1, -0.05) is 11.6 Å². The van der Waals surface area contributed by atoms with Gasteiger partial charge < -0.3 is 9.47 Å². The van der Waals surface area contributed by atoms with Crippen molar-refractivity contribution in [3.05, 3.63) is 74.0 Å². The zero-order chi connectivity index (χ0) is 25.0. The van der Waals surface area contributed by atoms with Crippen molar-refractivity contribution in [1.29, 1.82) is 0 Å². The molecule has 3 aromatic heterocycles. The minimum absolute atomic E-state index is 0.309. The third kappa shape index (κ3) is 3.42. The number of benzene rings is 2. The Balaban J connectivity index is 1.89. The van der Waals surface area contributed by atoms with Gasteiger partial charge in [0.25, 0.3) is 5.56 Å². The number of fused-ring (bicyclic) bond motifs is 3. The van der Waals surface area contributed by atoms with Gasteiger partial charge in [-0.3, -0.25) is 22.9 Å². The van der Waals surface area contributed by atoms with Crippen molar-refractivity contribution < 1.29 is 9.47 Å². The standard InChI is InChI=1S/C25H24ClN5O4/c1-6-35-20-9-7-15(12-17(20)26)18-13-30-21-22(28(3)25(33)29(4)23(21)32)27-24(30)31(18)16-8-10-19(34-5)14(2)11-16/h7-13H,6H2,1-5H3. The van der Waals surface area contributed by atoms with Crippen molar-refractivity contribution in [3.8, 4) is 28.4 Å². The third-order valence-electron chi connectivity index (χ3n) is 6.13. The fraction of sp³-hybridized carbons (Fsp3) is 0.240. The summed E-state index contributed by atoms with van der Waals surface area (Å²) in [5.41, 5.74) is 3.09. The smallest absolute Gasteiger partial charge is 0.332 e. The fourth-order valence-corrected chi connectivity index (χ4v) is 4.60. The predicted octanol–water partition coefficient (Wildman–Crippen LogP) is 3.71. The number of hydrogen-bond donors (Lipinski definition) is 0. The van der Waals surface area contributed by atoms with E-state index < -0.39 is 11.2 Å². The van der Waals surface area contributed by atoms with E-state index in [-0.39, 0.29) is 0 Å². The number of ether oxygens (including phenoxy) is 2. The first-order chi connectivity index (χ1) is 16.8. The highest BCUT2D eigenvalue weighted by atomic mass is 35.5. The SMILES string of the molecule is CCOc1ccc(-c2cn3c4c(=O)n(C)c(=O)n(C)c4nc3n2-c2ccc(OC)c(C)c2)cc1Cl. The first kappa shape index (κ1) is 22.8. The summed E-state index contributed by atoms with van der Waals surface area (Å²) in [5.74, 6) is 1.84. The molecule has 9 nitrogen and oxygen atoms in total. The quantitative estimate of drug-likeness (QED) is 0.372. The zero-order valence-corrected chi connectivity index (χ0v) is 20.8. The normalized spacial score (nSPS) is 11.5. The van der Waals surface area contributed by atoms with E-state index in [4.69, 9.17) is 26.1 Å². The maximum Gasteiger partial charge on any atom is 0.332 e. The average molecular weight is 494 g/mol. The molecular weight excluding hydrogens is 470 g/mol. The molecule has 0 fully saturated rings. The fourth-order valence-electron chi connectivity index (χ4n) is 4.36. The third-order valence-corrected chi connectivity index (χ3v) is 6.42. The monoisotopic (exact) mass is 493 g/mol. The molecule has 5 aromatic rings. The van der Waals surface area contributed by atoms with Gasteiger partial charge in [-0.25, -0.2) is 4.79 Å². The summed E-state index contributed by atoms with van der Waals surface area (Å²) in [4.78, 5) is 30.3. The average Bonchev–Trinajstić information content (AvgIpc) is 3.39. The van der Waals surface area contributed by atoms with Gasteiger partial charge in [-0.15, -0.1) is 0 Å². The molecule has 0 unspecified atom stereocenters. The van der Waals surface area contributed by atoms with Gasteiger partial charge >= 0.3 is 5.69 Å². The van der Waals surface area contributed by atoms with Crippen LogP contribution in [0.15, 0.2) is 52.2 Å². The molecule has 0 saturated carbocycles. The minimum Gasteiger partial charge on any atom is -0.496 e. The highest BCUT2D eigenvalue weighted by Gasteiger charge is 2.22. The molecule has 3 heterocycles. The van der Waals surface area contributed by atoms with E-state index in [1.165, 1.54) is 11.6 Å². The zero-order valence-electron chi connectivity index (χ0n) is 20.0. The van der Waals surface area contributed by atoms with Crippen LogP contribution in [0.5, 0.6) is 11.5 Å². The van der Waals surface area contributed by atoms with Crippen LogP contribution in [0.25, 0.3) is 33.9 Å². The van der Waals surface area contributed by atoms with Crippen LogP contribution in [0.3, 0.4) is 0 Å². The lowest BCUT2D eigenvalue weighted by Gasteiger charge is -2.13. The van der Waals surface area contributed by atoms with Crippen LogP contribution in [0.4, 0.5) is 0 Å². The first-order valence-corrected chi connectivity index (χ1v) is 11.4. The summed E-state index contributed by atoms with van der Waals surface area (Å²) in [6, 6.07) is 11.3. The second-order valence-electron chi connectivity index (χ2n) is 8.24. The largest absolute Gasteiger partial charge is 0.496 e. The Morgan fingerprint density at radius 2 is 1.77 bits per heavy atom. The highest BCUT2D eigenvalue weighted by molar-refractivity contribution is 6.32. The Morgan fingerprint density at radius 1 is 1.03 bits per heavy atom. The highest BCUT2D eigenvalue weighted by Crippen LogP contribution is 2.34. The number of aromatic nitrogens is 5. The molecule has 0 N–H and O–H groups in total. The van der Waals surface area contributed by atoms with Gasteiger partial charge in [0.15, 0.2) is 11.2 Å². The van der Waals surface area contributed by atoms with E-state index in [1.807, 2.05) is 61.0 Å². The van der Waals surface area contributed by atoms with E-state index in [2.05, 4.69) is 0 Å². The molecule has 0 aliphatic carbocycles. The summed E-state index contributed by atoms with van der Waals surface area (Å²) < 4.78 is 17.1. The summed E-state index contributed by atoms with van der Waals surface area (Å²) in [6.45, 7) is 4.36. The molecule has 2 aromatic carbocycles. The Morgan fingerprint density at radius 3 is 2.43 bits per heavy atom.